The van der Waals surface area contributed by atoms with Gasteiger partial charge in [-0.15, -0.1) is 0 Å². The van der Waals surface area contributed by atoms with Crippen molar-refractivity contribution in [1.82, 2.24) is 0 Å². The quantitative estimate of drug-likeness (QED) is 0.454. The van der Waals surface area contributed by atoms with Crippen LogP contribution in [0.2, 0.25) is 5.02 Å². The first-order valence-electron chi connectivity index (χ1n) is 4.63. The molecule has 82 valence electrons. The standard InChI is InChI=1S/C10H14ClN3O/c11-8-4-1-2-5-9(8)15-7-3-6-14-10(12)13/h1-2,4-5H,3,6-7H2,(H4,12,13,14). The Balaban J connectivity index is 2.26. The number of halogens is 1. The van der Waals surface area contributed by atoms with E-state index in [-0.39, 0.29) is 5.96 Å². The lowest BCUT2D eigenvalue weighted by molar-refractivity contribution is 0.314. The van der Waals surface area contributed by atoms with Crippen molar-refractivity contribution in [2.24, 2.45) is 16.5 Å². The number of nitrogens with two attached hydrogens (primary N) is 2. The van der Waals surface area contributed by atoms with Crippen molar-refractivity contribution in [3.8, 4) is 5.75 Å². The van der Waals surface area contributed by atoms with Crippen LogP contribution in [-0.4, -0.2) is 19.1 Å². The number of para-hydroxylation sites is 1. The highest BCUT2D eigenvalue weighted by atomic mass is 35.5. The van der Waals surface area contributed by atoms with E-state index < -0.39 is 0 Å². The molecule has 1 rings (SSSR count). The Morgan fingerprint density at radius 2 is 2.07 bits per heavy atom. The van der Waals surface area contributed by atoms with Crippen molar-refractivity contribution < 1.29 is 4.74 Å². The molecule has 1 aromatic rings. The van der Waals surface area contributed by atoms with Crippen molar-refractivity contribution in [1.29, 1.82) is 0 Å². The molecule has 0 saturated heterocycles. The second kappa shape index (κ2) is 6.14. The molecule has 4 nitrogen and oxygen atoms in total. The van der Waals surface area contributed by atoms with Gasteiger partial charge in [0.05, 0.1) is 11.6 Å². The molecule has 5 heteroatoms. The summed E-state index contributed by atoms with van der Waals surface area (Å²) in [4.78, 5) is 3.84. The molecule has 0 aromatic heterocycles. The van der Waals surface area contributed by atoms with Crippen LogP contribution in [0.4, 0.5) is 0 Å². The van der Waals surface area contributed by atoms with Gasteiger partial charge in [-0.3, -0.25) is 4.99 Å². The first kappa shape index (κ1) is 11.7. The average molecular weight is 228 g/mol. The molecule has 1 aromatic carbocycles. The molecular formula is C10H14ClN3O. The van der Waals surface area contributed by atoms with E-state index in [2.05, 4.69) is 4.99 Å². The van der Waals surface area contributed by atoms with Gasteiger partial charge in [0.15, 0.2) is 5.96 Å². The van der Waals surface area contributed by atoms with Crippen LogP contribution in [0.25, 0.3) is 0 Å². The largest absolute Gasteiger partial charge is 0.492 e. The minimum absolute atomic E-state index is 0.104. The SMILES string of the molecule is NC(N)=NCCCOc1ccccc1Cl. The molecule has 15 heavy (non-hydrogen) atoms. The van der Waals surface area contributed by atoms with E-state index in [0.717, 1.165) is 6.42 Å². The normalized spacial score (nSPS) is 9.67. The minimum atomic E-state index is 0.104. The molecule has 0 aliphatic heterocycles. The zero-order valence-electron chi connectivity index (χ0n) is 8.32. The molecule has 0 saturated carbocycles. The molecule has 0 bridgehead atoms. The van der Waals surface area contributed by atoms with Crippen LogP contribution in [-0.2, 0) is 0 Å². The predicted octanol–water partition coefficient (Wildman–Crippen LogP) is 1.38. The van der Waals surface area contributed by atoms with Crippen LogP contribution in [0.15, 0.2) is 29.3 Å². The Bertz CT molecular complexity index is 337. The molecule has 0 aliphatic carbocycles. The van der Waals surface area contributed by atoms with Gasteiger partial charge in [-0.25, -0.2) is 0 Å². The third kappa shape index (κ3) is 4.56. The van der Waals surface area contributed by atoms with Crippen molar-refractivity contribution >= 4 is 17.6 Å². The molecule has 0 amide bonds. The molecule has 0 heterocycles. The zero-order valence-corrected chi connectivity index (χ0v) is 9.07. The van der Waals surface area contributed by atoms with Crippen LogP contribution in [0.1, 0.15) is 6.42 Å². The molecule has 0 spiro atoms. The number of ether oxygens (including phenoxy) is 1. The van der Waals surface area contributed by atoms with Gasteiger partial charge in [0.1, 0.15) is 5.75 Å². The summed E-state index contributed by atoms with van der Waals surface area (Å²) in [6.07, 6.45) is 0.753. The van der Waals surface area contributed by atoms with Crippen LogP contribution in [0.3, 0.4) is 0 Å². The van der Waals surface area contributed by atoms with Gasteiger partial charge in [0, 0.05) is 13.0 Å². The van der Waals surface area contributed by atoms with E-state index in [0.29, 0.717) is 23.9 Å². The van der Waals surface area contributed by atoms with Gasteiger partial charge in [-0.1, -0.05) is 23.7 Å². The van der Waals surface area contributed by atoms with Crippen LogP contribution < -0.4 is 16.2 Å². The summed E-state index contributed by atoms with van der Waals surface area (Å²) < 4.78 is 5.44. The van der Waals surface area contributed by atoms with Gasteiger partial charge in [-0.2, -0.15) is 0 Å². The van der Waals surface area contributed by atoms with E-state index in [9.17, 15) is 0 Å². The van der Waals surface area contributed by atoms with Gasteiger partial charge in [0.2, 0.25) is 0 Å². The van der Waals surface area contributed by atoms with Gasteiger partial charge in [0.25, 0.3) is 0 Å². The van der Waals surface area contributed by atoms with Crippen LogP contribution in [0, 0.1) is 0 Å². The van der Waals surface area contributed by atoms with E-state index in [1.54, 1.807) is 6.07 Å². The summed E-state index contributed by atoms with van der Waals surface area (Å²) in [6, 6.07) is 7.33. The highest BCUT2D eigenvalue weighted by Crippen LogP contribution is 2.22. The van der Waals surface area contributed by atoms with Gasteiger partial charge >= 0.3 is 0 Å². The number of hydrogen-bond donors (Lipinski definition) is 2. The lowest BCUT2D eigenvalue weighted by Gasteiger charge is -2.06. The smallest absolute Gasteiger partial charge is 0.185 e. The number of hydrogen-bond acceptors (Lipinski definition) is 2. The summed E-state index contributed by atoms with van der Waals surface area (Å²) in [7, 11) is 0. The zero-order chi connectivity index (χ0) is 11.1. The molecule has 0 radical (unpaired) electrons. The third-order valence-corrected chi connectivity index (χ3v) is 2.00. The number of benzene rings is 1. The summed E-state index contributed by atoms with van der Waals surface area (Å²) >= 11 is 5.89. The van der Waals surface area contributed by atoms with Crippen LogP contribution in [0.5, 0.6) is 5.75 Å². The first-order chi connectivity index (χ1) is 7.20. The number of rotatable bonds is 5. The molecule has 4 N–H and O–H groups in total. The van der Waals surface area contributed by atoms with Crippen molar-refractivity contribution in [2.45, 2.75) is 6.42 Å². The molecule has 0 fully saturated rings. The Morgan fingerprint density at radius 1 is 1.33 bits per heavy atom. The number of nitrogens with zero attached hydrogens (tertiary/aromatic N) is 1. The lowest BCUT2D eigenvalue weighted by Crippen LogP contribution is -2.23. The summed E-state index contributed by atoms with van der Waals surface area (Å²) in [5.41, 5.74) is 10.4. The van der Waals surface area contributed by atoms with Crippen molar-refractivity contribution in [2.75, 3.05) is 13.2 Å². The predicted molar refractivity (Wildman–Crippen MR) is 62.2 cm³/mol. The Hall–Kier alpha value is -1.42. The van der Waals surface area contributed by atoms with E-state index in [1.165, 1.54) is 0 Å². The fourth-order valence-corrected chi connectivity index (χ4v) is 1.21. The average Bonchev–Trinajstić information content (AvgIpc) is 2.20. The maximum absolute atomic E-state index is 5.89. The fourth-order valence-electron chi connectivity index (χ4n) is 1.02. The van der Waals surface area contributed by atoms with Crippen molar-refractivity contribution in [3.05, 3.63) is 29.3 Å². The monoisotopic (exact) mass is 227 g/mol. The van der Waals surface area contributed by atoms with Crippen LogP contribution >= 0.6 is 11.6 Å². The summed E-state index contributed by atoms with van der Waals surface area (Å²) in [5, 5.41) is 0.611. The van der Waals surface area contributed by atoms with Crippen molar-refractivity contribution in [3.63, 3.8) is 0 Å². The highest BCUT2D eigenvalue weighted by Gasteiger charge is 1.98. The Kier molecular flexibility index (Phi) is 4.77. The Labute approximate surface area is 93.9 Å². The fraction of sp³-hybridized carbons (Fsp3) is 0.300. The van der Waals surface area contributed by atoms with E-state index >= 15 is 0 Å². The third-order valence-electron chi connectivity index (χ3n) is 1.69. The second-order valence-corrected chi connectivity index (χ2v) is 3.35. The van der Waals surface area contributed by atoms with Gasteiger partial charge < -0.3 is 16.2 Å². The second-order valence-electron chi connectivity index (χ2n) is 2.94. The molecule has 0 unspecified atom stereocenters. The lowest BCUT2D eigenvalue weighted by atomic mass is 10.3. The molecule has 0 atom stereocenters. The number of aliphatic imine (C=N–C) groups is 1. The van der Waals surface area contributed by atoms with E-state index in [1.807, 2.05) is 18.2 Å². The molecular weight excluding hydrogens is 214 g/mol. The van der Waals surface area contributed by atoms with Gasteiger partial charge in [-0.05, 0) is 12.1 Å². The summed E-state index contributed by atoms with van der Waals surface area (Å²) in [5.74, 6) is 0.789. The topological polar surface area (TPSA) is 73.6 Å². The summed E-state index contributed by atoms with van der Waals surface area (Å²) in [6.45, 7) is 1.10. The highest BCUT2D eigenvalue weighted by molar-refractivity contribution is 6.32. The number of guanidine groups is 1. The maximum atomic E-state index is 5.89. The Morgan fingerprint density at radius 3 is 2.73 bits per heavy atom. The van der Waals surface area contributed by atoms with E-state index in [4.69, 9.17) is 27.8 Å². The minimum Gasteiger partial charge on any atom is -0.492 e. The molecule has 0 aliphatic rings. The first-order valence-corrected chi connectivity index (χ1v) is 5.00. The maximum Gasteiger partial charge on any atom is 0.185 e.